The van der Waals surface area contributed by atoms with E-state index in [2.05, 4.69) is 21.2 Å². The zero-order valence-electron chi connectivity index (χ0n) is 19.1. The molecule has 0 heterocycles. The van der Waals surface area contributed by atoms with Crippen LogP contribution in [0.25, 0.3) is 0 Å². The normalized spacial score (nSPS) is 12.7. The number of carbonyl (C=O) groups excluding carboxylic acids is 2. The third-order valence-corrected chi connectivity index (χ3v) is 6.20. The van der Waals surface area contributed by atoms with Crippen molar-refractivity contribution in [2.24, 2.45) is 0 Å². The zero-order valence-corrected chi connectivity index (χ0v) is 20.7. The van der Waals surface area contributed by atoms with Crippen molar-refractivity contribution in [1.29, 1.82) is 0 Å². The lowest BCUT2D eigenvalue weighted by Gasteiger charge is -2.31. The van der Waals surface area contributed by atoms with Gasteiger partial charge in [0.1, 0.15) is 11.8 Å². The molecular weight excluding hydrogens is 456 g/mol. The number of hydrogen-bond donors (Lipinski definition) is 1. The van der Waals surface area contributed by atoms with E-state index >= 15 is 0 Å². The molecule has 168 valence electrons. The molecule has 0 saturated carbocycles. The summed E-state index contributed by atoms with van der Waals surface area (Å²) in [6.07, 6.45) is 1.36. The summed E-state index contributed by atoms with van der Waals surface area (Å²) in [5.41, 5.74) is 3.13. The van der Waals surface area contributed by atoms with E-state index in [0.717, 1.165) is 27.6 Å². The summed E-state index contributed by atoms with van der Waals surface area (Å²) >= 11 is 3.47. The van der Waals surface area contributed by atoms with Gasteiger partial charge in [-0.15, -0.1) is 0 Å². The van der Waals surface area contributed by atoms with Crippen molar-refractivity contribution < 1.29 is 14.3 Å². The lowest BCUT2D eigenvalue weighted by Crippen LogP contribution is -2.51. The van der Waals surface area contributed by atoms with Crippen molar-refractivity contribution in [1.82, 2.24) is 10.2 Å². The zero-order chi connectivity index (χ0) is 23.0. The highest BCUT2D eigenvalue weighted by atomic mass is 79.9. The van der Waals surface area contributed by atoms with Crippen molar-refractivity contribution in [3.05, 3.63) is 63.6 Å². The summed E-state index contributed by atoms with van der Waals surface area (Å²) in [5.74, 6) is 0.284. The van der Waals surface area contributed by atoms with E-state index in [0.29, 0.717) is 18.7 Å². The number of amides is 2. The molecule has 0 fully saturated rings. The highest BCUT2D eigenvalue weighted by Gasteiger charge is 2.29. The Morgan fingerprint density at radius 2 is 1.84 bits per heavy atom. The van der Waals surface area contributed by atoms with Crippen LogP contribution >= 0.6 is 15.9 Å². The van der Waals surface area contributed by atoms with E-state index in [1.807, 2.05) is 77.1 Å². The predicted molar refractivity (Wildman–Crippen MR) is 128 cm³/mol. The molecule has 2 aromatic rings. The second-order valence-corrected chi connectivity index (χ2v) is 8.81. The predicted octanol–water partition coefficient (Wildman–Crippen LogP) is 5.17. The molecule has 2 amide bonds. The van der Waals surface area contributed by atoms with Gasteiger partial charge in [0.25, 0.3) is 5.91 Å². The molecule has 2 aromatic carbocycles. The Hall–Kier alpha value is -2.34. The fourth-order valence-electron chi connectivity index (χ4n) is 3.30. The van der Waals surface area contributed by atoms with Crippen molar-refractivity contribution in [3.63, 3.8) is 0 Å². The molecule has 31 heavy (non-hydrogen) atoms. The van der Waals surface area contributed by atoms with Crippen LogP contribution in [-0.4, -0.2) is 35.4 Å². The Balaban J connectivity index is 2.22. The first-order valence-electron chi connectivity index (χ1n) is 10.8. The van der Waals surface area contributed by atoms with Gasteiger partial charge in [0.05, 0.1) is 0 Å². The van der Waals surface area contributed by atoms with Crippen LogP contribution in [0.3, 0.4) is 0 Å². The van der Waals surface area contributed by atoms with E-state index in [9.17, 15) is 9.59 Å². The second-order valence-electron chi connectivity index (χ2n) is 7.95. The van der Waals surface area contributed by atoms with Gasteiger partial charge in [0.2, 0.25) is 5.91 Å². The number of ether oxygens (including phenoxy) is 1. The van der Waals surface area contributed by atoms with Gasteiger partial charge in [0.15, 0.2) is 6.61 Å². The van der Waals surface area contributed by atoms with E-state index in [1.54, 1.807) is 4.90 Å². The maximum Gasteiger partial charge on any atom is 0.261 e. The Bertz CT molecular complexity index is 900. The molecule has 2 unspecified atom stereocenters. The molecule has 6 heteroatoms. The first-order valence-corrected chi connectivity index (χ1v) is 11.6. The van der Waals surface area contributed by atoms with E-state index in [-0.39, 0.29) is 24.5 Å². The van der Waals surface area contributed by atoms with E-state index in [1.165, 1.54) is 0 Å². The molecule has 0 aliphatic carbocycles. The van der Waals surface area contributed by atoms with Crippen LogP contribution in [0.1, 0.15) is 50.3 Å². The van der Waals surface area contributed by atoms with Crippen molar-refractivity contribution in [2.75, 3.05) is 6.61 Å². The first kappa shape index (κ1) is 24.9. The maximum atomic E-state index is 13.2. The van der Waals surface area contributed by atoms with Gasteiger partial charge >= 0.3 is 0 Å². The Morgan fingerprint density at radius 1 is 1.10 bits per heavy atom. The van der Waals surface area contributed by atoms with Crippen LogP contribution in [-0.2, 0) is 16.1 Å². The largest absolute Gasteiger partial charge is 0.484 e. The molecule has 0 radical (unpaired) electrons. The summed E-state index contributed by atoms with van der Waals surface area (Å²) in [4.78, 5) is 27.8. The molecule has 2 rings (SSSR count). The van der Waals surface area contributed by atoms with Crippen LogP contribution in [0.4, 0.5) is 0 Å². The topological polar surface area (TPSA) is 58.6 Å². The van der Waals surface area contributed by atoms with Crippen LogP contribution in [0, 0.1) is 13.8 Å². The summed E-state index contributed by atoms with van der Waals surface area (Å²) in [6, 6.07) is 13.1. The summed E-state index contributed by atoms with van der Waals surface area (Å²) in [6.45, 7) is 10.1. The maximum absolute atomic E-state index is 13.2. The average Bonchev–Trinajstić information content (AvgIpc) is 2.74. The molecule has 1 N–H and O–H groups in total. The van der Waals surface area contributed by atoms with Gasteiger partial charge in [-0.05, 0) is 62.9 Å². The number of carbonyl (C=O) groups is 2. The quantitative estimate of drug-likeness (QED) is 0.501. The highest BCUT2D eigenvalue weighted by molar-refractivity contribution is 9.10. The first-order chi connectivity index (χ1) is 14.7. The van der Waals surface area contributed by atoms with Crippen LogP contribution in [0.2, 0.25) is 0 Å². The van der Waals surface area contributed by atoms with Crippen molar-refractivity contribution in [2.45, 2.75) is 66.1 Å². The number of hydrogen-bond acceptors (Lipinski definition) is 3. The number of aryl methyl sites for hydroxylation is 2. The summed E-state index contributed by atoms with van der Waals surface area (Å²) < 4.78 is 6.77. The molecule has 0 saturated heterocycles. The van der Waals surface area contributed by atoms with Crippen molar-refractivity contribution >= 4 is 27.7 Å². The minimum absolute atomic E-state index is 0.0551. The lowest BCUT2D eigenvalue weighted by molar-refractivity contribution is -0.143. The molecule has 0 aromatic heterocycles. The van der Waals surface area contributed by atoms with Crippen LogP contribution < -0.4 is 10.1 Å². The average molecular weight is 489 g/mol. The SMILES string of the molecule is CCC(C)NC(=O)C(CC)N(Cc1cccc(C)c1)C(=O)COc1ccc(Br)c(C)c1. The minimum atomic E-state index is -0.558. The van der Waals surface area contributed by atoms with Gasteiger partial charge in [-0.25, -0.2) is 0 Å². The van der Waals surface area contributed by atoms with Gasteiger partial charge < -0.3 is 15.0 Å². The molecule has 0 spiro atoms. The Labute approximate surface area is 194 Å². The molecule has 5 nitrogen and oxygen atoms in total. The standard InChI is InChI=1S/C25H33BrN2O3/c1-6-19(5)27-25(30)23(7-2)28(15-20-10-8-9-17(3)13-20)24(29)16-31-21-11-12-22(26)18(4)14-21/h8-14,19,23H,6-7,15-16H2,1-5H3,(H,27,30). The number of nitrogens with one attached hydrogen (secondary N) is 1. The molecule has 0 aliphatic heterocycles. The van der Waals surface area contributed by atoms with E-state index in [4.69, 9.17) is 4.74 Å². The fourth-order valence-corrected chi connectivity index (χ4v) is 3.55. The highest BCUT2D eigenvalue weighted by Crippen LogP contribution is 2.22. The monoisotopic (exact) mass is 488 g/mol. The van der Waals surface area contributed by atoms with Gasteiger partial charge in [0, 0.05) is 17.1 Å². The molecule has 0 bridgehead atoms. The number of benzene rings is 2. The summed E-state index contributed by atoms with van der Waals surface area (Å²) in [7, 11) is 0. The lowest BCUT2D eigenvalue weighted by atomic mass is 10.1. The molecule has 2 atom stereocenters. The number of rotatable bonds is 10. The Morgan fingerprint density at radius 3 is 2.45 bits per heavy atom. The molecule has 0 aliphatic rings. The number of nitrogens with zero attached hydrogens (tertiary/aromatic N) is 1. The van der Waals surface area contributed by atoms with Gasteiger partial charge in [-0.2, -0.15) is 0 Å². The summed E-state index contributed by atoms with van der Waals surface area (Å²) in [5, 5.41) is 3.02. The Kier molecular flexibility index (Phi) is 9.56. The van der Waals surface area contributed by atoms with Crippen LogP contribution in [0.15, 0.2) is 46.9 Å². The van der Waals surface area contributed by atoms with Crippen molar-refractivity contribution in [3.8, 4) is 5.75 Å². The van der Waals surface area contributed by atoms with E-state index < -0.39 is 6.04 Å². The fraction of sp³-hybridized carbons (Fsp3) is 0.440. The van der Waals surface area contributed by atoms with Crippen LogP contribution in [0.5, 0.6) is 5.75 Å². The van der Waals surface area contributed by atoms with Gasteiger partial charge in [-0.3, -0.25) is 9.59 Å². The third kappa shape index (κ3) is 7.39. The minimum Gasteiger partial charge on any atom is -0.484 e. The van der Waals surface area contributed by atoms with Gasteiger partial charge in [-0.1, -0.05) is 59.6 Å². The molecular formula is C25H33BrN2O3. The third-order valence-electron chi connectivity index (χ3n) is 5.31. The smallest absolute Gasteiger partial charge is 0.261 e. The number of halogens is 1. The second kappa shape index (κ2) is 11.9.